The predicted octanol–water partition coefficient (Wildman–Crippen LogP) is 5.76. The summed E-state index contributed by atoms with van der Waals surface area (Å²) in [6.07, 6.45) is 8.81. The maximum absolute atomic E-state index is 4.93. The van der Waals surface area contributed by atoms with Crippen molar-refractivity contribution >= 4 is 17.0 Å². The second-order valence-corrected chi connectivity index (χ2v) is 8.60. The molecule has 2 saturated carbocycles. The van der Waals surface area contributed by atoms with Gasteiger partial charge in [0.25, 0.3) is 0 Å². The van der Waals surface area contributed by atoms with E-state index in [4.69, 9.17) is 17.0 Å². The average molecular weight is 376 g/mol. The molecule has 19 heavy (non-hydrogen) atoms. The van der Waals surface area contributed by atoms with Gasteiger partial charge in [-0.2, -0.15) is 0 Å². The van der Waals surface area contributed by atoms with E-state index in [1.807, 2.05) is 0 Å². The summed E-state index contributed by atoms with van der Waals surface area (Å²) >= 11 is -0.826. The van der Waals surface area contributed by atoms with E-state index in [2.05, 4.69) is 67.2 Å². The molecule has 102 valence electrons. The van der Waals surface area contributed by atoms with Gasteiger partial charge in [0.2, 0.25) is 0 Å². The summed E-state index contributed by atoms with van der Waals surface area (Å²) in [5.41, 5.74) is 0. The zero-order valence-corrected chi connectivity index (χ0v) is 16.5. The summed E-state index contributed by atoms with van der Waals surface area (Å²) in [7, 11) is 9.87. The van der Waals surface area contributed by atoms with Gasteiger partial charge < -0.3 is 0 Å². The van der Waals surface area contributed by atoms with Gasteiger partial charge in [-0.15, -0.1) is 0 Å². The molecule has 0 aromatic rings. The van der Waals surface area contributed by atoms with E-state index in [0.29, 0.717) is 0 Å². The Morgan fingerprint density at radius 1 is 0.579 bits per heavy atom. The first-order chi connectivity index (χ1) is 8.81. The van der Waals surface area contributed by atoms with Gasteiger partial charge in [-0.05, 0) is 61.2 Å². The molecule has 0 aromatic heterocycles. The van der Waals surface area contributed by atoms with Gasteiger partial charge in [0, 0.05) is 0 Å². The number of halogens is 2. The monoisotopic (exact) mass is 374 g/mol. The van der Waals surface area contributed by atoms with Crippen LogP contribution in [0.15, 0.2) is 0 Å². The Morgan fingerprint density at radius 3 is 0.789 bits per heavy atom. The Balaban J connectivity index is 0.000000284. The van der Waals surface area contributed by atoms with E-state index < -0.39 is 20.8 Å². The number of hydrogen-bond acceptors (Lipinski definition) is 0. The molecule has 0 nitrogen and oxygen atoms in total. The van der Waals surface area contributed by atoms with E-state index in [-0.39, 0.29) is 0 Å². The van der Waals surface area contributed by atoms with Crippen molar-refractivity contribution in [1.29, 1.82) is 0 Å². The van der Waals surface area contributed by atoms with Crippen LogP contribution in [0.4, 0.5) is 0 Å². The average Bonchev–Trinajstić information content (AvgIpc) is 2.72. The van der Waals surface area contributed by atoms with Crippen LogP contribution >= 0.6 is 17.0 Å². The predicted molar refractivity (Wildman–Crippen MR) is 82.4 cm³/mol. The van der Waals surface area contributed by atoms with Gasteiger partial charge >= 0.3 is 37.9 Å². The molecule has 0 bridgehead atoms. The van der Waals surface area contributed by atoms with Crippen LogP contribution in [0.25, 0.3) is 0 Å². The first kappa shape index (κ1) is 20.5. The van der Waals surface area contributed by atoms with Crippen LogP contribution in [0.5, 0.6) is 0 Å². The summed E-state index contributed by atoms with van der Waals surface area (Å²) in [5.74, 6) is 8.37. The summed E-state index contributed by atoms with van der Waals surface area (Å²) in [6, 6.07) is 0. The van der Waals surface area contributed by atoms with E-state index in [0.717, 1.165) is 0 Å². The molecule has 0 heterocycles. The van der Waals surface area contributed by atoms with Crippen LogP contribution in [-0.4, -0.2) is 0 Å². The van der Waals surface area contributed by atoms with Crippen LogP contribution in [0.1, 0.15) is 41.5 Å². The Kier molecular flexibility index (Phi) is 11.9. The molecular formula is C16H22Cl2Zr+2. The van der Waals surface area contributed by atoms with Crippen LogP contribution in [0, 0.1) is 61.2 Å². The van der Waals surface area contributed by atoms with Crippen LogP contribution in [-0.2, 0) is 20.8 Å². The van der Waals surface area contributed by atoms with Gasteiger partial charge in [-0.25, -0.2) is 0 Å². The Hall–Kier alpha value is 1.46. The molecule has 2 aliphatic rings. The summed E-state index contributed by atoms with van der Waals surface area (Å²) < 4.78 is 0. The minimum absolute atomic E-state index is 0.826. The zero-order valence-electron chi connectivity index (χ0n) is 12.6. The van der Waals surface area contributed by atoms with Crippen LogP contribution < -0.4 is 0 Å². The van der Waals surface area contributed by atoms with Gasteiger partial charge in [0.15, 0.2) is 0 Å². The molecule has 10 radical (unpaired) electrons. The Morgan fingerprint density at radius 2 is 0.737 bits per heavy atom. The van der Waals surface area contributed by atoms with E-state index in [1.54, 1.807) is 0 Å². The van der Waals surface area contributed by atoms with Crippen molar-refractivity contribution in [3.8, 4) is 0 Å². The second kappa shape index (κ2) is 11.1. The molecule has 0 atom stereocenters. The van der Waals surface area contributed by atoms with Gasteiger partial charge in [-0.3, -0.25) is 0 Å². The zero-order chi connectivity index (χ0) is 15.0. The molecule has 3 heteroatoms. The van der Waals surface area contributed by atoms with Gasteiger partial charge in [0.1, 0.15) is 0 Å². The van der Waals surface area contributed by atoms with Crippen molar-refractivity contribution in [1.82, 2.24) is 0 Å². The standard InChI is InChI=1S/2C8H11.2ClH.Zr/c2*1-6-4-7(2)8(3)5-6;;;/h2*4-5H,1-3H3;2*1H;/q;;;;+4/p-2. The van der Waals surface area contributed by atoms with Crippen molar-refractivity contribution in [2.75, 3.05) is 0 Å². The SMILES string of the molecule is C[C]1[CH][C](C)[C](C)[CH]1.C[C]1[CH][C](C)[C](C)[CH]1.[Cl][Zr+2][Cl]. The van der Waals surface area contributed by atoms with Crippen molar-refractivity contribution in [3.05, 3.63) is 61.2 Å². The normalized spacial score (nSPS) is 23.6. The number of hydrogen-bond donors (Lipinski definition) is 0. The minimum atomic E-state index is -0.826. The van der Waals surface area contributed by atoms with Crippen LogP contribution in [0.2, 0.25) is 0 Å². The summed E-state index contributed by atoms with van der Waals surface area (Å²) in [4.78, 5) is 0. The van der Waals surface area contributed by atoms with Crippen molar-refractivity contribution in [3.63, 3.8) is 0 Å². The molecule has 0 aromatic carbocycles. The molecule has 0 saturated heterocycles. The van der Waals surface area contributed by atoms with Gasteiger partial charge in [-0.1, -0.05) is 41.5 Å². The second-order valence-electron chi connectivity index (χ2n) is 4.87. The molecule has 2 rings (SSSR count). The third-order valence-electron chi connectivity index (χ3n) is 3.02. The molecule has 0 unspecified atom stereocenters. The van der Waals surface area contributed by atoms with Crippen molar-refractivity contribution in [2.24, 2.45) is 0 Å². The third-order valence-corrected chi connectivity index (χ3v) is 3.02. The number of rotatable bonds is 0. The van der Waals surface area contributed by atoms with Crippen molar-refractivity contribution < 1.29 is 20.8 Å². The fourth-order valence-corrected chi connectivity index (χ4v) is 1.90. The Bertz CT molecular complexity index is 181. The molecule has 0 spiro atoms. The molecule has 2 fully saturated rings. The Labute approximate surface area is 140 Å². The summed E-state index contributed by atoms with van der Waals surface area (Å²) in [6.45, 7) is 12.8. The molecular weight excluding hydrogens is 354 g/mol. The molecule has 0 aliphatic heterocycles. The quantitative estimate of drug-likeness (QED) is 0.504. The maximum atomic E-state index is 4.93. The van der Waals surface area contributed by atoms with E-state index in [9.17, 15) is 0 Å². The fraction of sp³-hybridized carbons (Fsp3) is 0.375. The molecule has 0 amide bonds. The third kappa shape index (κ3) is 9.15. The first-order valence-electron chi connectivity index (χ1n) is 6.19. The first-order valence-corrected chi connectivity index (χ1v) is 12.5. The molecule has 0 N–H and O–H groups in total. The van der Waals surface area contributed by atoms with E-state index in [1.165, 1.54) is 35.5 Å². The van der Waals surface area contributed by atoms with Gasteiger partial charge in [0.05, 0.1) is 0 Å². The fourth-order valence-electron chi connectivity index (χ4n) is 1.90. The topological polar surface area (TPSA) is 0 Å². The van der Waals surface area contributed by atoms with E-state index >= 15 is 0 Å². The summed E-state index contributed by atoms with van der Waals surface area (Å²) in [5, 5.41) is 0. The van der Waals surface area contributed by atoms with Crippen LogP contribution in [0.3, 0.4) is 0 Å². The molecule has 2 aliphatic carbocycles. The van der Waals surface area contributed by atoms with Crippen molar-refractivity contribution in [2.45, 2.75) is 41.5 Å².